The van der Waals surface area contributed by atoms with Gasteiger partial charge in [-0.05, 0) is 76.5 Å². The van der Waals surface area contributed by atoms with E-state index in [0.29, 0.717) is 0 Å². The summed E-state index contributed by atoms with van der Waals surface area (Å²) < 4.78 is 0. The Kier molecular flexibility index (Phi) is 5.50. The molecule has 0 radical (unpaired) electrons. The van der Waals surface area contributed by atoms with Crippen LogP contribution in [0.4, 0.5) is 0 Å². The lowest BCUT2D eigenvalue weighted by Crippen LogP contribution is -2.43. The first-order valence-corrected chi connectivity index (χ1v) is 8.08. The molecule has 2 heteroatoms. The third-order valence-corrected chi connectivity index (χ3v) is 5.32. The zero-order valence-electron chi connectivity index (χ0n) is 12.6. The van der Waals surface area contributed by atoms with Crippen LogP contribution in [-0.2, 0) is 0 Å². The molecule has 1 saturated carbocycles. The summed E-state index contributed by atoms with van der Waals surface area (Å²) in [7, 11) is 2.25. The molecular weight excluding hydrogens is 220 g/mol. The van der Waals surface area contributed by atoms with Crippen LogP contribution in [0.1, 0.15) is 52.4 Å². The number of rotatable bonds is 4. The smallest absolute Gasteiger partial charge is 0.0118 e. The Balaban J connectivity index is 1.65. The van der Waals surface area contributed by atoms with Crippen molar-refractivity contribution in [2.45, 2.75) is 58.4 Å². The Hall–Kier alpha value is -0.0800. The van der Waals surface area contributed by atoms with Gasteiger partial charge >= 0.3 is 0 Å². The Labute approximate surface area is 114 Å². The van der Waals surface area contributed by atoms with Crippen LogP contribution in [0, 0.1) is 17.8 Å². The molecule has 2 nitrogen and oxygen atoms in total. The van der Waals surface area contributed by atoms with Gasteiger partial charge in [0.25, 0.3) is 0 Å². The van der Waals surface area contributed by atoms with Crippen molar-refractivity contribution in [1.82, 2.24) is 10.2 Å². The van der Waals surface area contributed by atoms with Crippen LogP contribution in [0.15, 0.2) is 0 Å². The van der Waals surface area contributed by atoms with Crippen LogP contribution in [0.3, 0.4) is 0 Å². The molecule has 2 rings (SSSR count). The van der Waals surface area contributed by atoms with Gasteiger partial charge in [0.05, 0.1) is 0 Å². The molecule has 106 valence electrons. The van der Waals surface area contributed by atoms with Gasteiger partial charge in [0.2, 0.25) is 0 Å². The number of hydrogen-bond acceptors (Lipinski definition) is 2. The van der Waals surface area contributed by atoms with E-state index in [9.17, 15) is 0 Å². The van der Waals surface area contributed by atoms with E-state index in [0.717, 1.165) is 23.8 Å². The second-order valence-electron chi connectivity index (χ2n) is 6.90. The van der Waals surface area contributed by atoms with Crippen molar-refractivity contribution in [3.63, 3.8) is 0 Å². The Morgan fingerprint density at radius 2 is 1.61 bits per heavy atom. The van der Waals surface area contributed by atoms with E-state index in [1.807, 2.05) is 0 Å². The molecule has 0 aromatic carbocycles. The zero-order chi connectivity index (χ0) is 13.0. The summed E-state index contributed by atoms with van der Waals surface area (Å²) in [5.74, 6) is 2.74. The summed E-state index contributed by atoms with van der Waals surface area (Å²) in [6, 6.07) is 0.782. The minimum absolute atomic E-state index is 0.782. The summed E-state index contributed by atoms with van der Waals surface area (Å²) in [6.45, 7) is 8.72. The summed E-state index contributed by atoms with van der Waals surface area (Å²) >= 11 is 0. The maximum Gasteiger partial charge on any atom is 0.0118 e. The van der Waals surface area contributed by atoms with E-state index in [-0.39, 0.29) is 0 Å². The Bertz CT molecular complexity index is 223. The van der Waals surface area contributed by atoms with Gasteiger partial charge in [-0.1, -0.05) is 20.3 Å². The van der Waals surface area contributed by atoms with Crippen molar-refractivity contribution in [3.05, 3.63) is 0 Å². The van der Waals surface area contributed by atoms with Crippen LogP contribution in [-0.4, -0.2) is 37.6 Å². The molecule has 1 heterocycles. The van der Waals surface area contributed by atoms with Crippen molar-refractivity contribution in [2.75, 3.05) is 26.7 Å². The summed E-state index contributed by atoms with van der Waals surface area (Å²) in [5, 5.41) is 3.87. The highest BCUT2D eigenvalue weighted by atomic mass is 15.1. The molecule has 1 saturated heterocycles. The molecule has 18 heavy (non-hydrogen) atoms. The van der Waals surface area contributed by atoms with Gasteiger partial charge < -0.3 is 10.2 Å². The highest BCUT2D eigenvalue weighted by Crippen LogP contribution is 2.29. The molecule has 2 atom stereocenters. The van der Waals surface area contributed by atoms with Gasteiger partial charge in [-0.3, -0.25) is 0 Å². The lowest BCUT2D eigenvalue weighted by molar-refractivity contribution is 0.188. The summed E-state index contributed by atoms with van der Waals surface area (Å²) in [5.41, 5.74) is 0. The molecule has 2 fully saturated rings. The predicted molar refractivity (Wildman–Crippen MR) is 78.8 cm³/mol. The number of piperidine rings is 1. The van der Waals surface area contributed by atoms with Crippen molar-refractivity contribution in [3.8, 4) is 0 Å². The first kappa shape index (κ1) is 14.3. The molecule has 2 unspecified atom stereocenters. The van der Waals surface area contributed by atoms with Crippen LogP contribution >= 0.6 is 0 Å². The van der Waals surface area contributed by atoms with Crippen LogP contribution in [0.2, 0.25) is 0 Å². The van der Waals surface area contributed by atoms with Crippen molar-refractivity contribution in [1.29, 1.82) is 0 Å². The molecule has 0 aromatic rings. The highest BCUT2D eigenvalue weighted by Gasteiger charge is 2.27. The quantitative estimate of drug-likeness (QED) is 0.827. The minimum Gasteiger partial charge on any atom is -0.313 e. The second kappa shape index (κ2) is 6.91. The minimum atomic E-state index is 0.782. The van der Waals surface area contributed by atoms with E-state index in [1.54, 1.807) is 0 Å². The molecule has 0 aromatic heterocycles. The maximum absolute atomic E-state index is 3.87. The fraction of sp³-hybridized carbons (Fsp3) is 1.00. The standard InChI is InChI=1S/C16H32N2/c1-13-5-4-6-14(2)16(13)17-10-7-15-8-11-18(3)12-9-15/h13-17H,4-12H2,1-3H3. The lowest BCUT2D eigenvalue weighted by atomic mass is 9.78. The van der Waals surface area contributed by atoms with Gasteiger partial charge in [0, 0.05) is 6.04 Å². The zero-order valence-corrected chi connectivity index (χ0v) is 12.6. The topological polar surface area (TPSA) is 15.3 Å². The van der Waals surface area contributed by atoms with Gasteiger partial charge in [-0.25, -0.2) is 0 Å². The molecular formula is C16H32N2. The number of nitrogens with zero attached hydrogens (tertiary/aromatic N) is 1. The number of nitrogens with one attached hydrogen (secondary N) is 1. The lowest BCUT2D eigenvalue weighted by Gasteiger charge is -2.36. The Morgan fingerprint density at radius 3 is 2.22 bits per heavy atom. The van der Waals surface area contributed by atoms with Gasteiger partial charge in [-0.2, -0.15) is 0 Å². The van der Waals surface area contributed by atoms with Crippen molar-refractivity contribution < 1.29 is 0 Å². The molecule has 0 spiro atoms. The normalized spacial score (nSPS) is 35.8. The molecule has 0 bridgehead atoms. The van der Waals surface area contributed by atoms with E-state index < -0.39 is 0 Å². The van der Waals surface area contributed by atoms with E-state index in [1.165, 1.54) is 58.2 Å². The van der Waals surface area contributed by atoms with Crippen molar-refractivity contribution >= 4 is 0 Å². The molecule has 1 aliphatic carbocycles. The SMILES string of the molecule is CC1CCCC(C)C1NCCC1CCN(C)CC1. The maximum atomic E-state index is 3.87. The summed E-state index contributed by atoms with van der Waals surface area (Å²) in [4.78, 5) is 2.47. The Morgan fingerprint density at radius 1 is 1.00 bits per heavy atom. The average Bonchev–Trinajstić information content (AvgIpc) is 2.35. The van der Waals surface area contributed by atoms with Crippen molar-refractivity contribution in [2.24, 2.45) is 17.8 Å². The van der Waals surface area contributed by atoms with E-state index >= 15 is 0 Å². The molecule has 0 amide bonds. The average molecular weight is 252 g/mol. The monoisotopic (exact) mass is 252 g/mol. The first-order chi connectivity index (χ1) is 8.66. The fourth-order valence-corrected chi connectivity index (χ4v) is 3.89. The largest absolute Gasteiger partial charge is 0.313 e. The summed E-state index contributed by atoms with van der Waals surface area (Å²) in [6.07, 6.45) is 8.51. The number of hydrogen-bond donors (Lipinski definition) is 1. The van der Waals surface area contributed by atoms with E-state index in [2.05, 4.69) is 31.1 Å². The van der Waals surface area contributed by atoms with Gasteiger partial charge in [0.15, 0.2) is 0 Å². The number of likely N-dealkylation sites (tertiary alicyclic amines) is 1. The highest BCUT2D eigenvalue weighted by molar-refractivity contribution is 4.83. The third kappa shape index (κ3) is 3.96. The molecule has 1 aliphatic heterocycles. The second-order valence-corrected chi connectivity index (χ2v) is 6.90. The first-order valence-electron chi connectivity index (χ1n) is 8.08. The molecule has 2 aliphatic rings. The van der Waals surface area contributed by atoms with Crippen LogP contribution in [0.25, 0.3) is 0 Å². The van der Waals surface area contributed by atoms with Gasteiger partial charge in [-0.15, -0.1) is 0 Å². The third-order valence-electron chi connectivity index (χ3n) is 5.32. The predicted octanol–water partition coefficient (Wildman–Crippen LogP) is 3.13. The fourth-order valence-electron chi connectivity index (χ4n) is 3.89. The molecule has 1 N–H and O–H groups in total. The van der Waals surface area contributed by atoms with Crippen LogP contribution < -0.4 is 5.32 Å². The van der Waals surface area contributed by atoms with E-state index in [4.69, 9.17) is 0 Å². The van der Waals surface area contributed by atoms with Crippen LogP contribution in [0.5, 0.6) is 0 Å². The van der Waals surface area contributed by atoms with Gasteiger partial charge in [0.1, 0.15) is 0 Å².